The minimum Gasteiger partial charge on any atom is -0.345 e. The number of halogens is 3. The maximum atomic E-state index is 12.1. The number of hydrogen-bond donors (Lipinski definition) is 1. The van der Waals surface area contributed by atoms with Gasteiger partial charge < -0.3 is 5.32 Å². The number of rotatable bonds is 3. The largest absolute Gasteiger partial charge is 0.345 e. The molecule has 0 bridgehead atoms. The van der Waals surface area contributed by atoms with Crippen LogP contribution in [-0.4, -0.2) is 10.9 Å². The Morgan fingerprint density at radius 3 is 2.55 bits per heavy atom. The number of pyridine rings is 1. The van der Waals surface area contributed by atoms with E-state index in [4.69, 9.17) is 34.8 Å². The quantitative estimate of drug-likeness (QED) is 0.898. The van der Waals surface area contributed by atoms with E-state index >= 15 is 0 Å². The summed E-state index contributed by atoms with van der Waals surface area (Å²) in [6, 6.07) is 6.57. The molecule has 20 heavy (non-hydrogen) atoms. The Hall–Kier alpha value is -1.29. The number of amides is 1. The molecule has 0 saturated carbocycles. The van der Waals surface area contributed by atoms with Crippen LogP contribution in [0.5, 0.6) is 0 Å². The molecule has 2 aromatic rings. The second-order valence-corrected chi connectivity index (χ2v) is 5.45. The first kappa shape index (κ1) is 15.1. The van der Waals surface area contributed by atoms with Gasteiger partial charge in [-0.05, 0) is 30.7 Å². The van der Waals surface area contributed by atoms with E-state index in [1.807, 2.05) is 13.0 Å². The molecule has 0 aliphatic heterocycles. The van der Waals surface area contributed by atoms with E-state index in [9.17, 15) is 4.79 Å². The first-order valence-electron chi connectivity index (χ1n) is 5.84. The first-order chi connectivity index (χ1) is 9.49. The summed E-state index contributed by atoms with van der Waals surface area (Å²) in [5.41, 5.74) is 1.19. The average Bonchev–Trinajstić information content (AvgIpc) is 2.42. The third kappa shape index (κ3) is 3.42. The average molecular weight is 330 g/mol. The summed E-state index contributed by atoms with van der Waals surface area (Å²) in [7, 11) is 0. The molecule has 0 radical (unpaired) electrons. The topological polar surface area (TPSA) is 42.0 Å². The van der Waals surface area contributed by atoms with Crippen LogP contribution in [0.15, 0.2) is 36.7 Å². The third-order valence-electron chi connectivity index (χ3n) is 2.80. The Labute approximate surface area is 131 Å². The van der Waals surface area contributed by atoms with Crippen LogP contribution >= 0.6 is 34.8 Å². The van der Waals surface area contributed by atoms with Crippen LogP contribution in [0.1, 0.15) is 28.9 Å². The predicted molar refractivity (Wildman–Crippen MR) is 81.6 cm³/mol. The molecule has 1 heterocycles. The molecule has 0 aliphatic rings. The van der Waals surface area contributed by atoms with Crippen LogP contribution in [-0.2, 0) is 0 Å². The molecule has 0 saturated heterocycles. The monoisotopic (exact) mass is 328 g/mol. The van der Waals surface area contributed by atoms with E-state index in [0.29, 0.717) is 20.6 Å². The zero-order chi connectivity index (χ0) is 14.7. The van der Waals surface area contributed by atoms with Gasteiger partial charge in [0.2, 0.25) is 0 Å². The highest BCUT2D eigenvalue weighted by molar-refractivity contribution is 6.42. The summed E-state index contributed by atoms with van der Waals surface area (Å²) < 4.78 is 0. The number of benzene rings is 1. The molecule has 1 amide bonds. The van der Waals surface area contributed by atoms with Crippen molar-refractivity contribution in [2.45, 2.75) is 13.0 Å². The molecular formula is C14H11Cl3N2O. The second kappa shape index (κ2) is 6.44. The van der Waals surface area contributed by atoms with Crippen molar-refractivity contribution >= 4 is 40.7 Å². The van der Waals surface area contributed by atoms with Crippen molar-refractivity contribution in [1.29, 1.82) is 0 Å². The van der Waals surface area contributed by atoms with Crippen LogP contribution in [0.4, 0.5) is 0 Å². The second-order valence-electron chi connectivity index (χ2n) is 4.22. The minimum atomic E-state index is -0.290. The van der Waals surface area contributed by atoms with E-state index in [1.165, 1.54) is 12.4 Å². The molecule has 1 aromatic carbocycles. The number of aromatic nitrogens is 1. The Balaban J connectivity index is 2.15. The van der Waals surface area contributed by atoms with E-state index in [-0.39, 0.29) is 11.9 Å². The normalized spacial score (nSPS) is 12.0. The molecule has 0 fully saturated rings. The molecule has 1 aromatic heterocycles. The first-order valence-corrected chi connectivity index (χ1v) is 6.97. The molecule has 1 N–H and O–H groups in total. The van der Waals surface area contributed by atoms with Gasteiger partial charge in [0.15, 0.2) is 0 Å². The van der Waals surface area contributed by atoms with Crippen LogP contribution in [0.25, 0.3) is 0 Å². The standard InChI is InChI=1S/C14H11Cl3N2O/c1-8(9-2-3-12(16)13(17)6-9)19-14(20)10-7-18-5-4-11(10)15/h2-8H,1H3,(H,19,20). The Kier molecular flexibility index (Phi) is 4.86. The number of nitrogens with zero attached hydrogens (tertiary/aromatic N) is 1. The molecule has 0 aliphatic carbocycles. The van der Waals surface area contributed by atoms with E-state index in [1.54, 1.807) is 18.2 Å². The summed E-state index contributed by atoms with van der Waals surface area (Å²) >= 11 is 17.8. The van der Waals surface area contributed by atoms with Gasteiger partial charge in [-0.25, -0.2) is 0 Å². The van der Waals surface area contributed by atoms with Gasteiger partial charge in [-0.2, -0.15) is 0 Å². The lowest BCUT2D eigenvalue weighted by molar-refractivity contribution is 0.0939. The van der Waals surface area contributed by atoms with Gasteiger partial charge in [0.05, 0.1) is 26.7 Å². The number of carbonyl (C=O) groups excluding carboxylic acids is 1. The number of carbonyl (C=O) groups is 1. The van der Waals surface area contributed by atoms with E-state index in [0.717, 1.165) is 5.56 Å². The van der Waals surface area contributed by atoms with Crippen molar-refractivity contribution in [3.8, 4) is 0 Å². The fraction of sp³-hybridized carbons (Fsp3) is 0.143. The van der Waals surface area contributed by atoms with Gasteiger partial charge in [-0.1, -0.05) is 40.9 Å². The highest BCUT2D eigenvalue weighted by Gasteiger charge is 2.15. The fourth-order valence-corrected chi connectivity index (χ4v) is 2.18. The lowest BCUT2D eigenvalue weighted by Crippen LogP contribution is -2.27. The van der Waals surface area contributed by atoms with E-state index in [2.05, 4.69) is 10.3 Å². The van der Waals surface area contributed by atoms with E-state index < -0.39 is 0 Å². The lowest BCUT2D eigenvalue weighted by Gasteiger charge is -2.15. The Morgan fingerprint density at radius 1 is 1.15 bits per heavy atom. The van der Waals surface area contributed by atoms with Crippen molar-refractivity contribution < 1.29 is 4.79 Å². The molecule has 104 valence electrons. The molecule has 0 spiro atoms. The summed E-state index contributed by atoms with van der Waals surface area (Å²) in [4.78, 5) is 16.0. The van der Waals surface area contributed by atoms with Crippen molar-refractivity contribution in [1.82, 2.24) is 10.3 Å². The summed E-state index contributed by atoms with van der Waals surface area (Å²) in [6.07, 6.45) is 2.96. The van der Waals surface area contributed by atoms with Crippen LogP contribution in [0.2, 0.25) is 15.1 Å². The van der Waals surface area contributed by atoms with Crippen LogP contribution in [0, 0.1) is 0 Å². The van der Waals surface area contributed by atoms with Crippen LogP contribution < -0.4 is 5.32 Å². The predicted octanol–water partition coefficient (Wildman–Crippen LogP) is 4.53. The minimum absolute atomic E-state index is 0.228. The van der Waals surface area contributed by atoms with Gasteiger partial charge in [-0.15, -0.1) is 0 Å². The lowest BCUT2D eigenvalue weighted by atomic mass is 10.1. The fourth-order valence-electron chi connectivity index (χ4n) is 1.68. The van der Waals surface area contributed by atoms with Crippen molar-refractivity contribution in [2.24, 2.45) is 0 Å². The summed E-state index contributed by atoms with van der Waals surface area (Å²) in [6.45, 7) is 1.85. The molecular weight excluding hydrogens is 319 g/mol. The number of hydrogen-bond acceptors (Lipinski definition) is 2. The Bertz CT molecular complexity index is 646. The van der Waals surface area contributed by atoms with Gasteiger partial charge in [-0.3, -0.25) is 9.78 Å². The van der Waals surface area contributed by atoms with Crippen molar-refractivity contribution in [2.75, 3.05) is 0 Å². The van der Waals surface area contributed by atoms with Crippen molar-refractivity contribution in [3.05, 3.63) is 62.9 Å². The zero-order valence-corrected chi connectivity index (χ0v) is 12.8. The summed E-state index contributed by atoms with van der Waals surface area (Å²) in [5.74, 6) is -0.290. The highest BCUT2D eigenvalue weighted by atomic mass is 35.5. The number of nitrogens with one attached hydrogen (secondary N) is 1. The van der Waals surface area contributed by atoms with Crippen LogP contribution in [0.3, 0.4) is 0 Å². The zero-order valence-electron chi connectivity index (χ0n) is 10.5. The van der Waals surface area contributed by atoms with Gasteiger partial charge in [0.1, 0.15) is 0 Å². The molecule has 3 nitrogen and oxygen atoms in total. The molecule has 2 rings (SSSR count). The third-order valence-corrected chi connectivity index (χ3v) is 3.87. The van der Waals surface area contributed by atoms with Gasteiger partial charge >= 0.3 is 0 Å². The SMILES string of the molecule is CC(NC(=O)c1cnccc1Cl)c1ccc(Cl)c(Cl)c1. The highest BCUT2D eigenvalue weighted by Crippen LogP contribution is 2.26. The smallest absolute Gasteiger partial charge is 0.254 e. The Morgan fingerprint density at radius 2 is 1.90 bits per heavy atom. The maximum Gasteiger partial charge on any atom is 0.254 e. The molecule has 6 heteroatoms. The molecule has 1 atom stereocenters. The van der Waals surface area contributed by atoms with Crippen molar-refractivity contribution in [3.63, 3.8) is 0 Å². The molecule has 1 unspecified atom stereocenters. The maximum absolute atomic E-state index is 12.1. The van der Waals surface area contributed by atoms with Gasteiger partial charge in [0.25, 0.3) is 5.91 Å². The van der Waals surface area contributed by atoms with Gasteiger partial charge in [0, 0.05) is 12.4 Å². The summed E-state index contributed by atoms with van der Waals surface area (Å²) in [5, 5.41) is 4.12.